The van der Waals surface area contributed by atoms with Crippen LogP contribution in [0.4, 0.5) is 5.69 Å². The predicted molar refractivity (Wildman–Crippen MR) is 82.3 cm³/mol. The van der Waals surface area contributed by atoms with Crippen LogP contribution >= 0.6 is 0 Å². The van der Waals surface area contributed by atoms with E-state index in [0.717, 1.165) is 0 Å². The smallest absolute Gasteiger partial charge is 0.269 e. The molecule has 3 N–H and O–H groups in total. The molecule has 0 aliphatic rings. The maximum absolute atomic E-state index is 11.7. The van der Waals surface area contributed by atoms with Gasteiger partial charge in [-0.3, -0.25) is 14.9 Å². The minimum absolute atomic E-state index is 0.0240. The van der Waals surface area contributed by atoms with E-state index >= 15 is 0 Å². The Hall–Kier alpha value is -3.42. The van der Waals surface area contributed by atoms with E-state index in [1.807, 2.05) is 0 Å². The van der Waals surface area contributed by atoms with Gasteiger partial charge in [-0.25, -0.2) is 5.43 Å². The molecule has 0 aliphatic heterocycles. The summed E-state index contributed by atoms with van der Waals surface area (Å²) in [5.41, 5.74) is 3.37. The van der Waals surface area contributed by atoms with E-state index < -0.39 is 10.8 Å². The summed E-state index contributed by atoms with van der Waals surface area (Å²) in [4.78, 5) is 21.7. The maximum Gasteiger partial charge on any atom is 0.269 e. The number of amides is 1. The number of hydrazone groups is 1. The van der Waals surface area contributed by atoms with E-state index in [4.69, 9.17) is 5.11 Å². The van der Waals surface area contributed by atoms with Gasteiger partial charge in [-0.1, -0.05) is 12.1 Å². The Morgan fingerprint density at radius 2 is 1.87 bits per heavy atom. The number of carbonyl (C=O) groups excluding carboxylic acids is 1. The molecule has 0 fully saturated rings. The average molecular weight is 315 g/mol. The molecule has 0 aromatic heterocycles. The lowest BCUT2D eigenvalue weighted by Crippen LogP contribution is -2.19. The topological polar surface area (TPSA) is 125 Å². The van der Waals surface area contributed by atoms with Gasteiger partial charge in [0.1, 0.15) is 0 Å². The van der Waals surface area contributed by atoms with E-state index in [2.05, 4.69) is 10.5 Å². The number of rotatable bonds is 5. The van der Waals surface area contributed by atoms with Crippen molar-refractivity contribution in [2.75, 3.05) is 0 Å². The number of non-ortho nitro benzene ring substituents is 1. The number of phenolic OH excluding ortho intramolecular Hbond substituents is 2. The lowest BCUT2D eigenvalue weighted by atomic mass is 10.1. The van der Waals surface area contributed by atoms with Crippen molar-refractivity contribution in [1.29, 1.82) is 0 Å². The first-order valence-corrected chi connectivity index (χ1v) is 6.53. The summed E-state index contributed by atoms with van der Waals surface area (Å²) in [5.74, 6) is -0.923. The first-order valence-electron chi connectivity index (χ1n) is 6.53. The zero-order valence-corrected chi connectivity index (χ0v) is 11.8. The third-order valence-electron chi connectivity index (χ3n) is 2.91. The van der Waals surface area contributed by atoms with Gasteiger partial charge in [0.05, 0.1) is 17.6 Å². The molecule has 1 amide bonds. The number of nitro benzene ring substituents is 1. The second-order valence-corrected chi connectivity index (χ2v) is 4.64. The van der Waals surface area contributed by atoms with Crippen molar-refractivity contribution in [3.8, 4) is 11.5 Å². The van der Waals surface area contributed by atoms with Gasteiger partial charge in [-0.2, -0.15) is 5.10 Å². The molecule has 0 unspecified atom stereocenters. The van der Waals surface area contributed by atoms with Gasteiger partial charge in [0.25, 0.3) is 5.69 Å². The van der Waals surface area contributed by atoms with E-state index in [0.29, 0.717) is 11.1 Å². The molecule has 0 saturated carbocycles. The summed E-state index contributed by atoms with van der Waals surface area (Å²) in [6, 6.07) is 9.76. The average Bonchev–Trinajstić information content (AvgIpc) is 2.51. The highest BCUT2D eigenvalue weighted by Crippen LogP contribution is 2.23. The van der Waals surface area contributed by atoms with E-state index in [-0.39, 0.29) is 23.6 Å². The minimum Gasteiger partial charge on any atom is -0.504 e. The number of hydrogen-bond acceptors (Lipinski definition) is 6. The van der Waals surface area contributed by atoms with Crippen molar-refractivity contribution < 1.29 is 19.9 Å². The van der Waals surface area contributed by atoms with Crippen LogP contribution in [0.25, 0.3) is 0 Å². The molecule has 8 heteroatoms. The Bertz CT molecular complexity index is 756. The molecule has 0 heterocycles. The van der Waals surface area contributed by atoms with Crippen LogP contribution in [0.1, 0.15) is 11.1 Å². The zero-order chi connectivity index (χ0) is 16.8. The van der Waals surface area contributed by atoms with Crippen molar-refractivity contribution >= 4 is 17.8 Å². The van der Waals surface area contributed by atoms with Gasteiger partial charge in [0, 0.05) is 12.1 Å². The van der Waals surface area contributed by atoms with Crippen molar-refractivity contribution in [2.45, 2.75) is 6.42 Å². The van der Waals surface area contributed by atoms with Crippen molar-refractivity contribution in [3.05, 3.63) is 63.7 Å². The second-order valence-electron chi connectivity index (χ2n) is 4.64. The Labute approximate surface area is 130 Å². The fraction of sp³-hybridized carbons (Fsp3) is 0.0667. The Morgan fingerprint density at radius 1 is 1.17 bits per heavy atom. The van der Waals surface area contributed by atoms with Crippen LogP contribution in [0.15, 0.2) is 47.6 Å². The van der Waals surface area contributed by atoms with Gasteiger partial charge in [0.15, 0.2) is 11.5 Å². The van der Waals surface area contributed by atoms with Gasteiger partial charge < -0.3 is 10.2 Å². The molecule has 0 radical (unpaired) electrons. The molecule has 2 aromatic carbocycles. The molecule has 0 bridgehead atoms. The lowest BCUT2D eigenvalue weighted by Gasteiger charge is -2.01. The molecule has 8 nitrogen and oxygen atoms in total. The van der Waals surface area contributed by atoms with Crippen LogP contribution in [0.3, 0.4) is 0 Å². The number of hydrogen-bond donors (Lipinski definition) is 3. The van der Waals surface area contributed by atoms with Gasteiger partial charge in [0.2, 0.25) is 5.91 Å². The third kappa shape index (κ3) is 4.53. The highest BCUT2D eigenvalue weighted by Gasteiger charge is 2.06. The number of phenols is 2. The number of aromatic hydroxyl groups is 2. The monoisotopic (exact) mass is 315 g/mol. The molecular formula is C15H13N3O5. The largest absolute Gasteiger partial charge is 0.504 e. The summed E-state index contributed by atoms with van der Waals surface area (Å²) in [6.45, 7) is 0. The van der Waals surface area contributed by atoms with Crippen LogP contribution < -0.4 is 5.43 Å². The molecule has 2 aromatic rings. The van der Waals surface area contributed by atoms with Gasteiger partial charge >= 0.3 is 0 Å². The quantitative estimate of drug-likeness (QED) is 0.335. The summed E-state index contributed by atoms with van der Waals surface area (Å²) in [7, 11) is 0. The van der Waals surface area contributed by atoms with Crippen molar-refractivity contribution in [2.24, 2.45) is 5.10 Å². The number of nitrogens with one attached hydrogen (secondary N) is 1. The summed E-state index contributed by atoms with van der Waals surface area (Å²) in [6.07, 6.45) is 1.34. The normalized spacial score (nSPS) is 10.6. The molecular weight excluding hydrogens is 302 g/mol. The van der Waals surface area contributed by atoms with Gasteiger partial charge in [-0.15, -0.1) is 0 Å². The standard InChI is InChI=1S/C15H13N3O5/c19-13-6-3-11(7-14(13)20)9-16-17-15(21)8-10-1-4-12(5-2-10)18(22)23/h1-7,9,19-20H,8H2,(H,17,21)/b16-9+. The minimum atomic E-state index is -0.513. The molecule has 0 spiro atoms. The summed E-state index contributed by atoms with van der Waals surface area (Å²) in [5, 5.41) is 32.7. The van der Waals surface area contributed by atoms with E-state index in [9.17, 15) is 20.0 Å². The molecule has 2 rings (SSSR count). The number of carbonyl (C=O) groups is 1. The highest BCUT2D eigenvalue weighted by atomic mass is 16.6. The van der Waals surface area contributed by atoms with Crippen LogP contribution in [0.5, 0.6) is 11.5 Å². The molecule has 0 aliphatic carbocycles. The van der Waals surface area contributed by atoms with Crippen LogP contribution in [-0.4, -0.2) is 27.3 Å². The summed E-state index contributed by atoms with van der Waals surface area (Å²) >= 11 is 0. The molecule has 0 saturated heterocycles. The highest BCUT2D eigenvalue weighted by molar-refractivity contribution is 5.84. The second kappa shape index (κ2) is 7.03. The Kier molecular flexibility index (Phi) is 4.88. The van der Waals surface area contributed by atoms with E-state index in [1.165, 1.54) is 48.7 Å². The number of nitro groups is 1. The van der Waals surface area contributed by atoms with Crippen LogP contribution in [0.2, 0.25) is 0 Å². The maximum atomic E-state index is 11.7. The SMILES string of the molecule is O=C(Cc1ccc([N+](=O)[O-])cc1)N/N=C/c1ccc(O)c(O)c1. The molecule has 23 heavy (non-hydrogen) atoms. The Balaban J connectivity index is 1.90. The molecule has 0 atom stereocenters. The number of benzene rings is 2. The summed E-state index contributed by atoms with van der Waals surface area (Å²) < 4.78 is 0. The molecule has 118 valence electrons. The third-order valence-corrected chi connectivity index (χ3v) is 2.91. The van der Waals surface area contributed by atoms with Crippen LogP contribution in [-0.2, 0) is 11.2 Å². The first kappa shape index (κ1) is 16.0. The van der Waals surface area contributed by atoms with Crippen molar-refractivity contribution in [3.63, 3.8) is 0 Å². The Morgan fingerprint density at radius 3 is 2.48 bits per heavy atom. The number of nitrogens with zero attached hydrogens (tertiary/aromatic N) is 2. The zero-order valence-electron chi connectivity index (χ0n) is 11.8. The fourth-order valence-electron chi connectivity index (χ4n) is 1.76. The fourth-order valence-corrected chi connectivity index (χ4v) is 1.76. The van der Waals surface area contributed by atoms with Gasteiger partial charge in [-0.05, 0) is 29.3 Å². The van der Waals surface area contributed by atoms with E-state index in [1.54, 1.807) is 0 Å². The predicted octanol–water partition coefficient (Wildman–Crippen LogP) is 1.70. The lowest BCUT2D eigenvalue weighted by molar-refractivity contribution is -0.384. The van der Waals surface area contributed by atoms with Crippen LogP contribution in [0, 0.1) is 10.1 Å². The first-order chi connectivity index (χ1) is 11.0. The van der Waals surface area contributed by atoms with Crippen molar-refractivity contribution in [1.82, 2.24) is 5.43 Å².